The molecule has 0 spiro atoms. The molecule has 0 aliphatic heterocycles. The summed E-state index contributed by atoms with van der Waals surface area (Å²) in [4.78, 5) is 21.6. The maximum Gasteiger partial charge on any atom is 0.417 e. The number of hydrogen-bond acceptors (Lipinski definition) is 3. The highest BCUT2D eigenvalue weighted by Gasteiger charge is 2.35. The average molecular weight is 262 g/mol. The van der Waals surface area contributed by atoms with E-state index in [-0.39, 0.29) is 11.8 Å². The third kappa shape index (κ3) is 2.45. The Kier molecular flexibility index (Phi) is 3.53. The molecule has 1 aromatic rings. The standard InChI is InChI=1S/C10H3ClF3NO2/c11-9(17)8-5(3-15)1-2-7(6(8)4-16)10(12,13)14/h1-2,4H. The maximum atomic E-state index is 12.5. The first-order chi connectivity index (χ1) is 7.82. The van der Waals surface area contributed by atoms with Crippen molar-refractivity contribution in [1.29, 1.82) is 5.26 Å². The van der Waals surface area contributed by atoms with Crippen molar-refractivity contribution in [2.24, 2.45) is 0 Å². The van der Waals surface area contributed by atoms with Crippen LogP contribution in [-0.4, -0.2) is 11.5 Å². The second kappa shape index (κ2) is 4.55. The number of rotatable bonds is 2. The SMILES string of the molecule is N#Cc1ccc(C(F)(F)F)c(C=O)c1C(=O)Cl. The van der Waals surface area contributed by atoms with Gasteiger partial charge in [0.1, 0.15) is 0 Å². The largest absolute Gasteiger partial charge is 0.417 e. The van der Waals surface area contributed by atoms with Crippen LogP contribution in [-0.2, 0) is 6.18 Å². The van der Waals surface area contributed by atoms with Crippen LogP contribution in [0.15, 0.2) is 12.1 Å². The maximum absolute atomic E-state index is 12.5. The molecule has 0 aromatic heterocycles. The number of aldehydes is 1. The summed E-state index contributed by atoms with van der Waals surface area (Å²) in [5.41, 5.74) is -3.31. The number of benzene rings is 1. The van der Waals surface area contributed by atoms with E-state index in [1.165, 1.54) is 6.07 Å². The predicted octanol–water partition coefficient (Wildman–Crippen LogP) is 2.77. The molecule has 0 atom stereocenters. The van der Waals surface area contributed by atoms with E-state index in [2.05, 4.69) is 0 Å². The lowest BCUT2D eigenvalue weighted by molar-refractivity contribution is -0.137. The van der Waals surface area contributed by atoms with Gasteiger partial charge in [-0.05, 0) is 23.7 Å². The smallest absolute Gasteiger partial charge is 0.298 e. The number of carbonyl (C=O) groups excluding carboxylic acids is 2. The predicted molar refractivity (Wildman–Crippen MR) is 51.7 cm³/mol. The van der Waals surface area contributed by atoms with E-state index in [0.29, 0.717) is 6.07 Å². The van der Waals surface area contributed by atoms with Gasteiger partial charge in [-0.3, -0.25) is 9.59 Å². The Labute approximate surface area is 98.4 Å². The van der Waals surface area contributed by atoms with Crippen LogP contribution in [0.3, 0.4) is 0 Å². The normalized spacial score (nSPS) is 10.8. The minimum atomic E-state index is -4.80. The van der Waals surface area contributed by atoms with E-state index in [1.54, 1.807) is 0 Å². The van der Waals surface area contributed by atoms with Gasteiger partial charge < -0.3 is 0 Å². The Hall–Kier alpha value is -1.87. The minimum absolute atomic E-state index is 0.140. The molecule has 1 rings (SSSR count). The molecule has 3 nitrogen and oxygen atoms in total. The highest BCUT2D eigenvalue weighted by Crippen LogP contribution is 2.34. The molecule has 0 fully saturated rings. The first kappa shape index (κ1) is 13.2. The van der Waals surface area contributed by atoms with Crippen molar-refractivity contribution >= 4 is 23.1 Å². The molecule has 0 aliphatic carbocycles. The van der Waals surface area contributed by atoms with E-state index in [9.17, 15) is 22.8 Å². The van der Waals surface area contributed by atoms with E-state index < -0.39 is 28.1 Å². The third-order valence-electron chi connectivity index (χ3n) is 1.99. The van der Waals surface area contributed by atoms with Crippen molar-refractivity contribution in [3.63, 3.8) is 0 Å². The van der Waals surface area contributed by atoms with Crippen LogP contribution in [0.2, 0.25) is 0 Å². The number of nitriles is 1. The first-order valence-corrected chi connectivity index (χ1v) is 4.50. The van der Waals surface area contributed by atoms with Gasteiger partial charge in [0, 0.05) is 5.56 Å². The second-order valence-electron chi connectivity index (χ2n) is 2.95. The zero-order chi connectivity index (χ0) is 13.2. The van der Waals surface area contributed by atoms with Crippen molar-refractivity contribution in [2.45, 2.75) is 6.18 Å². The topological polar surface area (TPSA) is 57.9 Å². The van der Waals surface area contributed by atoms with Gasteiger partial charge in [-0.1, -0.05) is 0 Å². The van der Waals surface area contributed by atoms with Gasteiger partial charge in [-0.25, -0.2) is 0 Å². The summed E-state index contributed by atoms with van der Waals surface area (Å²) in [6, 6.07) is 2.86. The van der Waals surface area contributed by atoms with Crippen molar-refractivity contribution < 1.29 is 22.8 Å². The van der Waals surface area contributed by atoms with Crippen molar-refractivity contribution in [1.82, 2.24) is 0 Å². The van der Waals surface area contributed by atoms with E-state index in [1.807, 2.05) is 0 Å². The molecular formula is C10H3ClF3NO2. The van der Waals surface area contributed by atoms with Gasteiger partial charge in [-0.15, -0.1) is 0 Å². The molecule has 0 radical (unpaired) electrons. The minimum Gasteiger partial charge on any atom is -0.298 e. The van der Waals surface area contributed by atoms with Crippen molar-refractivity contribution in [2.75, 3.05) is 0 Å². The molecule has 88 valence electrons. The molecule has 0 heterocycles. The Morgan fingerprint density at radius 1 is 1.41 bits per heavy atom. The Morgan fingerprint density at radius 3 is 2.35 bits per heavy atom. The summed E-state index contributed by atoms with van der Waals surface area (Å²) in [6.45, 7) is 0. The van der Waals surface area contributed by atoms with Crippen LogP contribution in [0, 0.1) is 11.3 Å². The molecule has 0 unspecified atom stereocenters. The lowest BCUT2D eigenvalue weighted by atomic mass is 9.97. The third-order valence-corrected chi connectivity index (χ3v) is 2.17. The first-order valence-electron chi connectivity index (χ1n) is 4.12. The highest BCUT2D eigenvalue weighted by molar-refractivity contribution is 6.68. The fraction of sp³-hybridized carbons (Fsp3) is 0.100. The van der Waals surface area contributed by atoms with Crippen LogP contribution in [0.5, 0.6) is 0 Å². The molecule has 0 aliphatic rings. The van der Waals surface area contributed by atoms with E-state index in [4.69, 9.17) is 16.9 Å². The van der Waals surface area contributed by atoms with E-state index >= 15 is 0 Å². The summed E-state index contributed by atoms with van der Waals surface area (Å²) in [5.74, 6) is 0. The van der Waals surface area contributed by atoms with E-state index in [0.717, 1.165) is 6.07 Å². The van der Waals surface area contributed by atoms with Crippen LogP contribution < -0.4 is 0 Å². The zero-order valence-electron chi connectivity index (χ0n) is 8.01. The summed E-state index contributed by atoms with van der Waals surface area (Å²) >= 11 is 5.08. The zero-order valence-corrected chi connectivity index (χ0v) is 8.76. The molecule has 0 bridgehead atoms. The van der Waals surface area contributed by atoms with Crippen LogP contribution >= 0.6 is 11.6 Å². The van der Waals surface area contributed by atoms with Gasteiger partial charge in [0.25, 0.3) is 5.24 Å². The molecule has 0 saturated carbocycles. The summed E-state index contributed by atoms with van der Waals surface area (Å²) in [6.07, 6.45) is -4.94. The summed E-state index contributed by atoms with van der Waals surface area (Å²) in [7, 11) is 0. The molecular weight excluding hydrogens is 259 g/mol. The van der Waals surface area contributed by atoms with Crippen LogP contribution in [0.25, 0.3) is 0 Å². The van der Waals surface area contributed by atoms with Gasteiger partial charge in [0.05, 0.1) is 22.8 Å². The quantitative estimate of drug-likeness (QED) is 0.607. The van der Waals surface area contributed by atoms with Crippen LogP contribution in [0.4, 0.5) is 13.2 Å². The number of nitrogens with zero attached hydrogens (tertiary/aromatic N) is 1. The Bertz CT molecular complexity index is 532. The fourth-order valence-corrected chi connectivity index (χ4v) is 1.50. The van der Waals surface area contributed by atoms with Crippen LogP contribution in [0.1, 0.15) is 31.8 Å². The van der Waals surface area contributed by atoms with Crippen molar-refractivity contribution in [3.8, 4) is 6.07 Å². The lowest BCUT2D eigenvalue weighted by Gasteiger charge is -2.12. The monoisotopic (exact) mass is 261 g/mol. The summed E-state index contributed by atoms with van der Waals surface area (Å²) < 4.78 is 37.6. The Morgan fingerprint density at radius 2 is 2.00 bits per heavy atom. The second-order valence-corrected chi connectivity index (χ2v) is 3.29. The molecule has 0 amide bonds. The van der Waals surface area contributed by atoms with Crippen molar-refractivity contribution in [3.05, 3.63) is 34.4 Å². The van der Waals surface area contributed by atoms with Gasteiger partial charge in [0.15, 0.2) is 6.29 Å². The fourth-order valence-electron chi connectivity index (χ4n) is 1.29. The van der Waals surface area contributed by atoms with Gasteiger partial charge in [-0.2, -0.15) is 18.4 Å². The molecule has 7 heteroatoms. The average Bonchev–Trinajstić information content (AvgIpc) is 2.25. The van der Waals surface area contributed by atoms with Gasteiger partial charge in [0.2, 0.25) is 0 Å². The molecule has 0 saturated heterocycles. The molecule has 1 aromatic carbocycles. The highest BCUT2D eigenvalue weighted by atomic mass is 35.5. The lowest BCUT2D eigenvalue weighted by Crippen LogP contribution is -2.13. The van der Waals surface area contributed by atoms with Gasteiger partial charge >= 0.3 is 6.18 Å². The Balaban J connectivity index is 3.72. The number of alkyl halides is 3. The molecule has 17 heavy (non-hydrogen) atoms. The number of hydrogen-bond donors (Lipinski definition) is 0. The summed E-state index contributed by atoms with van der Waals surface area (Å²) in [5, 5.41) is 7.34. The number of halogens is 4. The number of carbonyl (C=O) groups is 2. The molecule has 0 N–H and O–H groups in total.